The van der Waals surface area contributed by atoms with E-state index in [-0.39, 0.29) is 6.54 Å². The van der Waals surface area contributed by atoms with Gasteiger partial charge in [0.05, 0.1) is 6.54 Å². The SMILES string of the molecule is FC(F)Cn1cc[nH]c1=S. The van der Waals surface area contributed by atoms with E-state index in [1.54, 1.807) is 0 Å². The summed E-state index contributed by atoms with van der Waals surface area (Å²) in [6.07, 6.45) is 0.682. The highest BCUT2D eigenvalue weighted by Gasteiger charge is 2.02. The first kappa shape index (κ1) is 7.40. The number of imidazole rings is 1. The maximum absolute atomic E-state index is 11.7. The van der Waals surface area contributed by atoms with E-state index >= 15 is 0 Å². The summed E-state index contributed by atoms with van der Waals surface area (Å²) in [5, 5.41) is 0. The molecule has 0 saturated carbocycles. The van der Waals surface area contributed by atoms with Crippen molar-refractivity contribution < 1.29 is 8.78 Å². The number of H-pyrrole nitrogens is 1. The molecule has 0 aliphatic carbocycles. The fourth-order valence-corrected chi connectivity index (χ4v) is 0.845. The molecule has 0 aliphatic heterocycles. The van der Waals surface area contributed by atoms with Gasteiger partial charge in [-0.2, -0.15) is 0 Å². The van der Waals surface area contributed by atoms with Crippen LogP contribution in [0.25, 0.3) is 0 Å². The zero-order valence-corrected chi connectivity index (χ0v) is 5.87. The molecule has 0 unspecified atom stereocenters. The third kappa shape index (κ3) is 1.63. The van der Waals surface area contributed by atoms with E-state index in [0.29, 0.717) is 4.77 Å². The molecule has 0 atom stereocenters. The molecular weight excluding hydrogens is 158 g/mol. The molecule has 0 bridgehead atoms. The third-order valence-electron chi connectivity index (χ3n) is 1.06. The van der Waals surface area contributed by atoms with Gasteiger partial charge in [0.2, 0.25) is 0 Å². The fourth-order valence-electron chi connectivity index (χ4n) is 0.642. The largest absolute Gasteiger partial charge is 0.337 e. The lowest BCUT2D eigenvalue weighted by Gasteiger charge is -1.98. The number of hydrogen-bond acceptors (Lipinski definition) is 1. The zero-order chi connectivity index (χ0) is 7.56. The Morgan fingerprint density at radius 3 is 2.80 bits per heavy atom. The number of alkyl halides is 2. The molecule has 0 aliphatic rings. The van der Waals surface area contributed by atoms with Gasteiger partial charge in [0.25, 0.3) is 6.43 Å². The van der Waals surface area contributed by atoms with Crippen LogP contribution in [0.2, 0.25) is 0 Å². The van der Waals surface area contributed by atoms with Gasteiger partial charge in [-0.1, -0.05) is 0 Å². The minimum Gasteiger partial charge on any atom is -0.337 e. The highest BCUT2D eigenvalue weighted by molar-refractivity contribution is 7.71. The minimum absolute atomic E-state index is 0.331. The number of aromatic nitrogens is 2. The van der Waals surface area contributed by atoms with Gasteiger partial charge in [0, 0.05) is 12.4 Å². The molecule has 10 heavy (non-hydrogen) atoms. The summed E-state index contributed by atoms with van der Waals surface area (Å²) in [6.45, 7) is -0.331. The quantitative estimate of drug-likeness (QED) is 0.661. The molecule has 1 aromatic rings. The van der Waals surface area contributed by atoms with Crippen LogP contribution in [0.1, 0.15) is 0 Å². The first-order valence-electron chi connectivity index (χ1n) is 2.72. The van der Waals surface area contributed by atoms with Gasteiger partial charge in [-0.3, -0.25) is 0 Å². The Kier molecular flexibility index (Phi) is 2.16. The van der Waals surface area contributed by atoms with Crippen LogP contribution in [-0.4, -0.2) is 16.0 Å². The number of hydrogen-bond donors (Lipinski definition) is 1. The van der Waals surface area contributed by atoms with Gasteiger partial charge in [-0.25, -0.2) is 8.78 Å². The summed E-state index contributed by atoms with van der Waals surface area (Å²) in [7, 11) is 0. The number of nitrogens with zero attached hydrogens (tertiary/aromatic N) is 1. The van der Waals surface area contributed by atoms with Crippen LogP contribution in [-0.2, 0) is 6.54 Å². The second kappa shape index (κ2) is 2.92. The lowest BCUT2D eigenvalue weighted by atomic mass is 10.6. The van der Waals surface area contributed by atoms with Crippen molar-refractivity contribution >= 4 is 12.2 Å². The summed E-state index contributed by atoms with van der Waals surface area (Å²) >= 11 is 4.68. The monoisotopic (exact) mass is 164 g/mol. The average molecular weight is 164 g/mol. The van der Waals surface area contributed by atoms with Crippen LogP contribution in [0.15, 0.2) is 12.4 Å². The zero-order valence-electron chi connectivity index (χ0n) is 5.05. The predicted molar refractivity (Wildman–Crippen MR) is 35.6 cm³/mol. The van der Waals surface area contributed by atoms with Crippen LogP contribution in [0, 0.1) is 4.77 Å². The molecule has 1 rings (SSSR count). The lowest BCUT2D eigenvalue weighted by Crippen LogP contribution is -2.04. The maximum atomic E-state index is 11.7. The van der Waals surface area contributed by atoms with E-state index < -0.39 is 6.43 Å². The van der Waals surface area contributed by atoms with Crippen LogP contribution < -0.4 is 0 Å². The van der Waals surface area contributed by atoms with Crippen molar-refractivity contribution in [2.75, 3.05) is 0 Å². The van der Waals surface area contributed by atoms with Gasteiger partial charge in [0.1, 0.15) is 0 Å². The Balaban J connectivity index is 2.75. The van der Waals surface area contributed by atoms with Crippen molar-refractivity contribution in [2.24, 2.45) is 0 Å². The highest BCUT2D eigenvalue weighted by Crippen LogP contribution is 1.98. The minimum atomic E-state index is -2.34. The fraction of sp³-hybridized carbons (Fsp3) is 0.400. The number of rotatable bonds is 2. The maximum Gasteiger partial charge on any atom is 0.256 e. The summed E-state index contributed by atoms with van der Waals surface area (Å²) in [4.78, 5) is 2.62. The standard InChI is InChI=1S/C5H6F2N2S/c6-4(7)3-9-2-1-8-5(9)10/h1-2,4H,3H2,(H,8,10). The molecule has 5 heteroatoms. The Bertz CT molecular complexity index is 252. The second-order valence-corrected chi connectivity index (χ2v) is 2.20. The summed E-state index contributed by atoms with van der Waals surface area (Å²) in [5.74, 6) is 0. The Morgan fingerprint density at radius 2 is 2.40 bits per heavy atom. The molecule has 0 fully saturated rings. The van der Waals surface area contributed by atoms with E-state index in [1.807, 2.05) is 0 Å². The lowest BCUT2D eigenvalue weighted by molar-refractivity contribution is 0.126. The molecule has 1 N–H and O–H groups in total. The van der Waals surface area contributed by atoms with Gasteiger partial charge in [-0.15, -0.1) is 0 Å². The Morgan fingerprint density at radius 1 is 1.70 bits per heavy atom. The third-order valence-corrected chi connectivity index (χ3v) is 1.41. The van der Waals surface area contributed by atoms with E-state index in [1.165, 1.54) is 17.0 Å². The average Bonchev–Trinajstić information content (AvgIpc) is 2.15. The summed E-state index contributed by atoms with van der Waals surface area (Å²) in [5.41, 5.74) is 0. The van der Waals surface area contributed by atoms with E-state index in [0.717, 1.165) is 0 Å². The molecule has 0 radical (unpaired) electrons. The normalized spacial score (nSPS) is 10.7. The molecular formula is C5H6F2N2S. The van der Waals surface area contributed by atoms with Crippen LogP contribution in [0.4, 0.5) is 8.78 Å². The molecule has 1 heterocycles. The first-order valence-corrected chi connectivity index (χ1v) is 3.13. The smallest absolute Gasteiger partial charge is 0.256 e. The molecule has 1 aromatic heterocycles. The van der Waals surface area contributed by atoms with Crippen molar-refractivity contribution in [3.05, 3.63) is 17.2 Å². The van der Waals surface area contributed by atoms with Crippen LogP contribution >= 0.6 is 12.2 Å². The number of halogens is 2. The van der Waals surface area contributed by atoms with E-state index in [9.17, 15) is 8.78 Å². The van der Waals surface area contributed by atoms with Crippen molar-refractivity contribution in [1.82, 2.24) is 9.55 Å². The van der Waals surface area contributed by atoms with Gasteiger partial charge in [-0.05, 0) is 12.2 Å². The second-order valence-electron chi connectivity index (χ2n) is 1.81. The van der Waals surface area contributed by atoms with Crippen LogP contribution in [0.3, 0.4) is 0 Å². The first-order chi connectivity index (χ1) is 4.70. The molecule has 2 nitrogen and oxygen atoms in total. The number of aromatic amines is 1. The van der Waals surface area contributed by atoms with Crippen molar-refractivity contribution in [3.63, 3.8) is 0 Å². The molecule has 56 valence electrons. The number of nitrogens with one attached hydrogen (secondary N) is 1. The van der Waals surface area contributed by atoms with E-state index in [2.05, 4.69) is 17.2 Å². The molecule has 0 spiro atoms. The Labute approximate surface area is 61.5 Å². The molecule has 0 aromatic carbocycles. The summed E-state index contributed by atoms with van der Waals surface area (Å²) < 4.78 is 25.0. The van der Waals surface area contributed by atoms with Gasteiger partial charge in [0.15, 0.2) is 4.77 Å². The highest BCUT2D eigenvalue weighted by atomic mass is 32.1. The van der Waals surface area contributed by atoms with Crippen LogP contribution in [0.5, 0.6) is 0 Å². The summed E-state index contributed by atoms with van der Waals surface area (Å²) in [6, 6.07) is 0. The van der Waals surface area contributed by atoms with Gasteiger partial charge >= 0.3 is 0 Å². The topological polar surface area (TPSA) is 20.7 Å². The molecule has 0 amide bonds. The Hall–Kier alpha value is -0.710. The van der Waals surface area contributed by atoms with Gasteiger partial charge < -0.3 is 9.55 Å². The van der Waals surface area contributed by atoms with Crippen molar-refractivity contribution in [3.8, 4) is 0 Å². The van der Waals surface area contributed by atoms with Crippen molar-refractivity contribution in [1.29, 1.82) is 0 Å². The van der Waals surface area contributed by atoms with Crippen molar-refractivity contribution in [2.45, 2.75) is 13.0 Å². The predicted octanol–water partition coefficient (Wildman–Crippen LogP) is 1.81. The van der Waals surface area contributed by atoms with E-state index in [4.69, 9.17) is 0 Å². The molecule has 0 saturated heterocycles.